The summed E-state index contributed by atoms with van der Waals surface area (Å²) in [7, 11) is 0. The van der Waals surface area contributed by atoms with E-state index in [4.69, 9.17) is 4.74 Å². The lowest BCUT2D eigenvalue weighted by Crippen LogP contribution is -2.47. The Hall–Kier alpha value is -4.18. The van der Waals surface area contributed by atoms with E-state index in [-0.39, 0.29) is 12.5 Å². The summed E-state index contributed by atoms with van der Waals surface area (Å²) >= 11 is 0. The van der Waals surface area contributed by atoms with Crippen LogP contribution in [0.2, 0.25) is 0 Å². The van der Waals surface area contributed by atoms with Crippen LogP contribution in [-0.4, -0.2) is 18.4 Å². The summed E-state index contributed by atoms with van der Waals surface area (Å²) in [5, 5.41) is 3.11. The van der Waals surface area contributed by atoms with Crippen LogP contribution in [0.1, 0.15) is 35.3 Å². The minimum absolute atomic E-state index is 0.149. The van der Waals surface area contributed by atoms with Crippen molar-refractivity contribution in [2.45, 2.75) is 18.4 Å². The van der Waals surface area contributed by atoms with Gasteiger partial charge in [-0.1, -0.05) is 121 Å². The van der Waals surface area contributed by atoms with E-state index in [9.17, 15) is 9.59 Å². The molecule has 0 bridgehead atoms. The zero-order valence-corrected chi connectivity index (χ0v) is 19.1. The molecule has 4 aromatic carbocycles. The van der Waals surface area contributed by atoms with Gasteiger partial charge in [-0.05, 0) is 22.3 Å². The molecule has 0 saturated heterocycles. The fraction of sp³-hybridized carbons (Fsp3) is 0.133. The molecule has 0 saturated carbocycles. The van der Waals surface area contributed by atoms with E-state index in [2.05, 4.69) is 5.32 Å². The summed E-state index contributed by atoms with van der Waals surface area (Å²) in [5.74, 6) is -0.590. The van der Waals surface area contributed by atoms with Crippen LogP contribution in [0.25, 0.3) is 0 Å². The molecule has 0 fully saturated rings. The molecule has 34 heavy (non-hydrogen) atoms. The molecule has 0 aliphatic rings. The minimum Gasteiger partial charge on any atom is -0.456 e. The standard InChI is InChI=1S/C30H27NO3/c1-23(32)34-28(24-14-6-2-7-15-24)22-31-29(33)30(25-16-8-3-9-17-25,26-18-10-4-11-19-26)27-20-12-5-13-21-27/h2-21,28H,22H2,1H3,(H,31,33). The molecule has 1 amide bonds. The molecule has 1 N–H and O–H groups in total. The van der Waals surface area contributed by atoms with E-state index in [1.54, 1.807) is 0 Å². The summed E-state index contributed by atoms with van der Waals surface area (Å²) in [4.78, 5) is 26.0. The summed E-state index contributed by atoms with van der Waals surface area (Å²) in [6, 6.07) is 38.7. The zero-order chi connectivity index (χ0) is 23.8. The molecular weight excluding hydrogens is 422 g/mol. The molecule has 0 aliphatic heterocycles. The first-order valence-corrected chi connectivity index (χ1v) is 11.3. The number of rotatable bonds is 8. The fourth-order valence-electron chi connectivity index (χ4n) is 4.37. The molecule has 0 aromatic heterocycles. The first-order valence-electron chi connectivity index (χ1n) is 11.3. The van der Waals surface area contributed by atoms with E-state index in [1.807, 2.05) is 121 Å². The van der Waals surface area contributed by atoms with E-state index < -0.39 is 17.5 Å². The molecule has 4 rings (SSSR count). The lowest BCUT2D eigenvalue weighted by molar-refractivity contribution is -0.147. The van der Waals surface area contributed by atoms with Crippen LogP contribution in [0.5, 0.6) is 0 Å². The highest BCUT2D eigenvalue weighted by Crippen LogP contribution is 2.39. The molecule has 0 aliphatic carbocycles. The van der Waals surface area contributed by atoms with Gasteiger partial charge in [0.15, 0.2) is 0 Å². The number of hydrogen-bond donors (Lipinski definition) is 1. The number of nitrogens with one attached hydrogen (secondary N) is 1. The molecule has 170 valence electrons. The van der Waals surface area contributed by atoms with Crippen LogP contribution >= 0.6 is 0 Å². The van der Waals surface area contributed by atoms with Crippen molar-refractivity contribution in [3.8, 4) is 0 Å². The van der Waals surface area contributed by atoms with E-state index in [0.29, 0.717) is 0 Å². The second kappa shape index (κ2) is 10.6. The summed E-state index contributed by atoms with van der Waals surface area (Å²) in [6.07, 6.45) is -0.595. The van der Waals surface area contributed by atoms with Crippen molar-refractivity contribution in [3.05, 3.63) is 144 Å². The second-order valence-corrected chi connectivity index (χ2v) is 8.07. The van der Waals surface area contributed by atoms with Gasteiger partial charge in [0.2, 0.25) is 5.91 Å². The predicted molar refractivity (Wildman–Crippen MR) is 133 cm³/mol. The van der Waals surface area contributed by atoms with Crippen LogP contribution in [0.4, 0.5) is 0 Å². The van der Waals surface area contributed by atoms with Gasteiger partial charge in [0.05, 0.1) is 6.54 Å². The average molecular weight is 450 g/mol. The Labute approximate surface area is 200 Å². The van der Waals surface area contributed by atoms with E-state index in [0.717, 1.165) is 22.3 Å². The van der Waals surface area contributed by atoms with Crippen molar-refractivity contribution in [3.63, 3.8) is 0 Å². The Bertz CT molecular complexity index is 1110. The van der Waals surface area contributed by atoms with Crippen LogP contribution in [0, 0.1) is 0 Å². The summed E-state index contributed by atoms with van der Waals surface area (Å²) in [6.45, 7) is 1.52. The predicted octanol–water partition coefficient (Wildman–Crippen LogP) is 5.44. The molecule has 4 heteroatoms. The highest BCUT2D eigenvalue weighted by molar-refractivity contribution is 5.96. The van der Waals surface area contributed by atoms with Crippen molar-refractivity contribution in [1.29, 1.82) is 0 Å². The van der Waals surface area contributed by atoms with Crippen LogP contribution < -0.4 is 5.32 Å². The molecule has 4 nitrogen and oxygen atoms in total. The summed E-state index contributed by atoms with van der Waals surface area (Å²) < 4.78 is 5.56. The van der Waals surface area contributed by atoms with Crippen LogP contribution in [0.3, 0.4) is 0 Å². The van der Waals surface area contributed by atoms with Gasteiger partial charge in [-0.2, -0.15) is 0 Å². The van der Waals surface area contributed by atoms with Gasteiger partial charge < -0.3 is 10.1 Å². The van der Waals surface area contributed by atoms with E-state index in [1.165, 1.54) is 6.92 Å². The maximum atomic E-state index is 14.2. The Kier molecular flexibility index (Phi) is 7.19. The van der Waals surface area contributed by atoms with Gasteiger partial charge in [0.25, 0.3) is 0 Å². The topological polar surface area (TPSA) is 55.4 Å². The number of carbonyl (C=O) groups is 2. The number of esters is 1. The van der Waals surface area contributed by atoms with Gasteiger partial charge in [0.1, 0.15) is 11.5 Å². The second-order valence-electron chi connectivity index (χ2n) is 8.07. The molecule has 1 unspecified atom stereocenters. The molecule has 0 heterocycles. The molecule has 4 aromatic rings. The lowest BCUT2D eigenvalue weighted by atomic mass is 9.68. The number of ether oxygens (including phenoxy) is 1. The third-order valence-corrected chi connectivity index (χ3v) is 5.89. The van der Waals surface area contributed by atoms with Gasteiger partial charge in [-0.15, -0.1) is 0 Å². The molecule has 1 atom stereocenters. The Morgan fingerprint density at radius 2 is 1.06 bits per heavy atom. The van der Waals surface area contributed by atoms with E-state index >= 15 is 0 Å². The Balaban J connectivity index is 1.79. The van der Waals surface area contributed by atoms with Crippen molar-refractivity contribution in [2.75, 3.05) is 6.54 Å². The largest absolute Gasteiger partial charge is 0.456 e. The monoisotopic (exact) mass is 449 g/mol. The SMILES string of the molecule is CC(=O)OC(CNC(=O)C(c1ccccc1)(c1ccccc1)c1ccccc1)c1ccccc1. The van der Waals surface area contributed by atoms with Crippen molar-refractivity contribution in [2.24, 2.45) is 0 Å². The van der Waals surface area contributed by atoms with Gasteiger partial charge in [-0.25, -0.2) is 0 Å². The molecule has 0 spiro atoms. The highest BCUT2D eigenvalue weighted by Gasteiger charge is 2.43. The van der Waals surface area contributed by atoms with Crippen molar-refractivity contribution in [1.82, 2.24) is 5.32 Å². The Morgan fingerprint density at radius 3 is 1.44 bits per heavy atom. The zero-order valence-electron chi connectivity index (χ0n) is 19.1. The average Bonchev–Trinajstić information content (AvgIpc) is 2.89. The number of benzene rings is 4. The Morgan fingerprint density at radius 1 is 0.676 bits per heavy atom. The number of hydrogen-bond acceptors (Lipinski definition) is 3. The van der Waals surface area contributed by atoms with Crippen molar-refractivity contribution >= 4 is 11.9 Å². The first kappa shape index (κ1) is 23.0. The number of carbonyl (C=O) groups excluding carboxylic acids is 2. The van der Waals surface area contributed by atoms with Gasteiger partial charge in [-0.3, -0.25) is 9.59 Å². The molecular formula is C30H27NO3. The smallest absolute Gasteiger partial charge is 0.303 e. The normalized spacial score (nSPS) is 11.9. The van der Waals surface area contributed by atoms with Crippen molar-refractivity contribution < 1.29 is 14.3 Å². The molecule has 0 radical (unpaired) electrons. The first-order chi connectivity index (χ1) is 16.6. The fourth-order valence-corrected chi connectivity index (χ4v) is 4.37. The van der Waals surface area contributed by atoms with Crippen LogP contribution in [-0.2, 0) is 19.7 Å². The van der Waals surface area contributed by atoms with Crippen LogP contribution in [0.15, 0.2) is 121 Å². The van der Waals surface area contributed by atoms with Gasteiger partial charge >= 0.3 is 5.97 Å². The maximum Gasteiger partial charge on any atom is 0.303 e. The van der Waals surface area contributed by atoms with Gasteiger partial charge in [0, 0.05) is 6.92 Å². The third-order valence-electron chi connectivity index (χ3n) is 5.89. The number of amides is 1. The lowest BCUT2D eigenvalue weighted by Gasteiger charge is -2.35. The third kappa shape index (κ3) is 4.76. The summed E-state index contributed by atoms with van der Waals surface area (Å²) in [5.41, 5.74) is 2.31. The minimum atomic E-state index is -1.08. The maximum absolute atomic E-state index is 14.2. The highest BCUT2D eigenvalue weighted by atomic mass is 16.5. The quantitative estimate of drug-likeness (QED) is 0.288.